The van der Waals surface area contributed by atoms with Gasteiger partial charge in [0, 0.05) is 5.56 Å². The Kier molecular flexibility index (Phi) is 5.28. The summed E-state index contributed by atoms with van der Waals surface area (Å²) in [5, 5.41) is 0. The van der Waals surface area contributed by atoms with Crippen molar-refractivity contribution in [2.45, 2.75) is 10.7 Å². The van der Waals surface area contributed by atoms with E-state index in [2.05, 4.69) is 15.9 Å². The lowest BCUT2D eigenvalue weighted by Crippen LogP contribution is -2.29. The number of ether oxygens (including phenoxy) is 1. The maximum absolute atomic E-state index is 12.5. The third kappa shape index (κ3) is 3.58. The van der Waals surface area contributed by atoms with Crippen LogP contribution in [0.2, 0.25) is 0 Å². The monoisotopic (exact) mass is 346 g/mol. The summed E-state index contributed by atoms with van der Waals surface area (Å²) in [4.78, 5) is 23.9. The predicted octanol–water partition coefficient (Wildman–Crippen LogP) is 3.59. The highest BCUT2D eigenvalue weighted by Crippen LogP contribution is 2.29. The lowest BCUT2D eigenvalue weighted by Gasteiger charge is -2.20. The summed E-state index contributed by atoms with van der Waals surface area (Å²) in [6.45, 7) is 0. The minimum Gasteiger partial charge on any atom is -0.469 e. The van der Waals surface area contributed by atoms with Crippen molar-refractivity contribution in [1.82, 2.24) is 0 Å². The molecule has 3 nitrogen and oxygen atoms in total. The average molecular weight is 347 g/mol. The van der Waals surface area contributed by atoms with Crippen LogP contribution in [0.5, 0.6) is 0 Å². The predicted molar refractivity (Wildman–Crippen MR) is 84.7 cm³/mol. The molecule has 0 aliphatic rings. The smallest absolute Gasteiger partial charge is 0.314 e. The molecule has 0 fully saturated rings. The second-order valence-electron chi connectivity index (χ2n) is 4.54. The molecule has 0 amide bonds. The Morgan fingerprint density at radius 1 is 0.952 bits per heavy atom. The summed E-state index contributed by atoms with van der Waals surface area (Å²) >= 11 is 3.37. The second kappa shape index (κ2) is 7.18. The summed E-state index contributed by atoms with van der Waals surface area (Å²) in [7, 11) is 1.32. The van der Waals surface area contributed by atoms with Crippen molar-refractivity contribution < 1.29 is 14.3 Å². The molecule has 4 heteroatoms. The first kappa shape index (κ1) is 15.4. The zero-order chi connectivity index (χ0) is 15.2. The molecule has 0 saturated heterocycles. The lowest BCUT2D eigenvalue weighted by molar-refractivity contribution is -0.142. The van der Waals surface area contributed by atoms with Crippen LogP contribution in [-0.4, -0.2) is 23.7 Å². The molecular formula is C17H15BrO3. The average Bonchev–Trinajstić information content (AvgIpc) is 2.55. The molecule has 0 bridgehead atoms. The van der Waals surface area contributed by atoms with Crippen LogP contribution in [0, 0.1) is 0 Å². The number of hydrogen-bond donors (Lipinski definition) is 0. The third-order valence-electron chi connectivity index (χ3n) is 3.22. The van der Waals surface area contributed by atoms with E-state index >= 15 is 0 Å². The molecule has 21 heavy (non-hydrogen) atoms. The van der Waals surface area contributed by atoms with Crippen LogP contribution in [0.15, 0.2) is 60.7 Å². The molecule has 108 valence electrons. The molecule has 0 aliphatic heterocycles. The number of benzene rings is 2. The number of carbonyl (C=O) groups is 2. The molecule has 2 aromatic rings. The van der Waals surface area contributed by atoms with Crippen LogP contribution in [0.3, 0.4) is 0 Å². The van der Waals surface area contributed by atoms with Gasteiger partial charge in [-0.15, -0.1) is 0 Å². The number of halogens is 1. The molecule has 2 rings (SSSR count). The normalized spacial score (nSPS) is 13.2. The van der Waals surface area contributed by atoms with Crippen molar-refractivity contribution in [2.75, 3.05) is 7.11 Å². The van der Waals surface area contributed by atoms with Crippen LogP contribution in [0.4, 0.5) is 0 Å². The summed E-state index contributed by atoms with van der Waals surface area (Å²) in [6, 6.07) is 18.0. The Labute approximate surface area is 132 Å². The fraction of sp³-hybridized carbons (Fsp3) is 0.176. The van der Waals surface area contributed by atoms with Gasteiger partial charge in [-0.05, 0) is 5.56 Å². The van der Waals surface area contributed by atoms with Gasteiger partial charge in [-0.25, -0.2) is 0 Å². The molecule has 0 radical (unpaired) electrons. The number of alkyl halides is 1. The summed E-state index contributed by atoms with van der Waals surface area (Å²) in [5.41, 5.74) is 1.31. The molecule has 0 N–H and O–H groups in total. The van der Waals surface area contributed by atoms with Crippen molar-refractivity contribution in [3.63, 3.8) is 0 Å². The van der Waals surface area contributed by atoms with Crippen LogP contribution < -0.4 is 0 Å². The molecular weight excluding hydrogens is 332 g/mol. The van der Waals surface area contributed by atoms with Crippen molar-refractivity contribution in [3.8, 4) is 0 Å². The maximum Gasteiger partial charge on any atom is 0.314 e. The molecule has 0 saturated carbocycles. The van der Waals surface area contributed by atoms with E-state index in [1.54, 1.807) is 24.3 Å². The zero-order valence-electron chi connectivity index (χ0n) is 11.5. The van der Waals surface area contributed by atoms with Crippen LogP contribution >= 0.6 is 15.9 Å². The van der Waals surface area contributed by atoms with Crippen molar-refractivity contribution in [3.05, 3.63) is 71.8 Å². The Morgan fingerprint density at radius 3 is 2.00 bits per heavy atom. The fourth-order valence-electron chi connectivity index (χ4n) is 2.12. The maximum atomic E-state index is 12.5. The van der Waals surface area contributed by atoms with Crippen LogP contribution in [0.25, 0.3) is 0 Å². The highest BCUT2D eigenvalue weighted by atomic mass is 79.9. The van der Waals surface area contributed by atoms with Crippen LogP contribution in [0.1, 0.15) is 21.8 Å². The van der Waals surface area contributed by atoms with Crippen LogP contribution in [-0.2, 0) is 9.53 Å². The van der Waals surface area contributed by atoms with Crippen molar-refractivity contribution in [1.29, 1.82) is 0 Å². The van der Waals surface area contributed by atoms with E-state index < -0.39 is 16.7 Å². The topological polar surface area (TPSA) is 43.4 Å². The van der Waals surface area contributed by atoms with Crippen molar-refractivity contribution >= 4 is 27.7 Å². The number of Topliss-reactive ketones (excluding diaryl/α,β-unsaturated/α-hetero) is 1. The number of carbonyl (C=O) groups excluding carboxylic acids is 2. The molecule has 0 heterocycles. The molecule has 2 atom stereocenters. The van der Waals surface area contributed by atoms with Gasteiger partial charge < -0.3 is 4.74 Å². The fourth-order valence-corrected chi connectivity index (χ4v) is 2.91. The quantitative estimate of drug-likeness (QED) is 0.472. The van der Waals surface area contributed by atoms with Gasteiger partial charge >= 0.3 is 5.97 Å². The Balaban J connectivity index is 2.33. The van der Waals surface area contributed by atoms with E-state index in [-0.39, 0.29) is 5.78 Å². The van der Waals surface area contributed by atoms with Gasteiger partial charge in [-0.1, -0.05) is 76.6 Å². The van der Waals surface area contributed by atoms with E-state index in [4.69, 9.17) is 4.74 Å². The number of rotatable bonds is 5. The van der Waals surface area contributed by atoms with Crippen molar-refractivity contribution in [2.24, 2.45) is 0 Å². The first-order valence-corrected chi connectivity index (χ1v) is 7.43. The van der Waals surface area contributed by atoms with E-state index in [9.17, 15) is 9.59 Å². The minimum absolute atomic E-state index is 0.144. The van der Waals surface area contributed by atoms with Gasteiger partial charge in [0.2, 0.25) is 0 Å². The van der Waals surface area contributed by atoms with E-state index in [0.29, 0.717) is 5.56 Å². The highest BCUT2D eigenvalue weighted by molar-refractivity contribution is 9.10. The van der Waals surface area contributed by atoms with Gasteiger partial charge in [0.15, 0.2) is 5.78 Å². The SMILES string of the molecule is COC(=O)[C@@H](c1ccccc1)[C@H](Br)C(=O)c1ccccc1. The van der Waals surface area contributed by atoms with E-state index in [1.165, 1.54) is 7.11 Å². The number of methoxy groups -OCH3 is 1. The lowest BCUT2D eigenvalue weighted by atomic mass is 9.91. The van der Waals surface area contributed by atoms with E-state index in [0.717, 1.165) is 5.56 Å². The zero-order valence-corrected chi connectivity index (χ0v) is 13.1. The Hall–Kier alpha value is -1.94. The molecule has 0 spiro atoms. The summed E-state index contributed by atoms with van der Waals surface area (Å²) in [6.07, 6.45) is 0. The molecule has 2 aromatic carbocycles. The van der Waals surface area contributed by atoms with Gasteiger partial charge in [0.25, 0.3) is 0 Å². The number of esters is 1. The summed E-state index contributed by atoms with van der Waals surface area (Å²) < 4.78 is 4.85. The minimum atomic E-state index is -0.677. The van der Waals surface area contributed by atoms with Gasteiger partial charge in [0.05, 0.1) is 11.9 Å². The third-order valence-corrected chi connectivity index (χ3v) is 4.16. The Bertz CT molecular complexity index is 610. The standard InChI is InChI=1S/C17H15BrO3/c1-21-17(20)14(12-8-4-2-5-9-12)15(18)16(19)13-10-6-3-7-11-13/h2-11,14-15H,1H3/t14-,15-/m0/s1. The number of hydrogen-bond acceptors (Lipinski definition) is 3. The van der Waals surface area contributed by atoms with Gasteiger partial charge in [0.1, 0.15) is 5.92 Å². The number of ketones is 1. The van der Waals surface area contributed by atoms with E-state index in [1.807, 2.05) is 36.4 Å². The molecule has 0 aromatic heterocycles. The molecule has 0 unspecified atom stereocenters. The van der Waals surface area contributed by atoms with Gasteiger partial charge in [-0.3, -0.25) is 9.59 Å². The molecule has 0 aliphatic carbocycles. The Morgan fingerprint density at radius 2 is 1.48 bits per heavy atom. The first-order chi connectivity index (χ1) is 10.1. The summed E-state index contributed by atoms with van der Waals surface area (Å²) in [5.74, 6) is -1.26. The highest BCUT2D eigenvalue weighted by Gasteiger charge is 2.34. The first-order valence-electron chi connectivity index (χ1n) is 6.51. The van der Waals surface area contributed by atoms with Gasteiger partial charge in [-0.2, -0.15) is 0 Å². The largest absolute Gasteiger partial charge is 0.469 e. The second-order valence-corrected chi connectivity index (χ2v) is 5.53.